The Morgan fingerprint density at radius 3 is 2.77 bits per heavy atom. The molecule has 1 rings (SSSR count). The van der Waals surface area contributed by atoms with Crippen molar-refractivity contribution in [3.05, 3.63) is 29.3 Å². The highest BCUT2D eigenvalue weighted by Crippen LogP contribution is 2.18. The molecule has 13 heavy (non-hydrogen) atoms. The van der Waals surface area contributed by atoms with Crippen molar-refractivity contribution in [3.63, 3.8) is 0 Å². The van der Waals surface area contributed by atoms with Gasteiger partial charge >= 0.3 is 5.97 Å². The maximum atomic E-state index is 10.6. The fourth-order valence-corrected chi connectivity index (χ4v) is 0.982. The number of phenols is 1. The van der Waals surface area contributed by atoms with E-state index in [2.05, 4.69) is 11.7 Å². The molecule has 0 aliphatic heterocycles. The van der Waals surface area contributed by atoms with Crippen LogP contribution < -0.4 is 0 Å². The lowest BCUT2D eigenvalue weighted by atomic mass is 10.1. The van der Waals surface area contributed by atoms with Crippen LogP contribution in [0.1, 0.15) is 15.9 Å². The summed E-state index contributed by atoms with van der Waals surface area (Å²) in [7, 11) is 0. The van der Waals surface area contributed by atoms with Gasteiger partial charge in [-0.3, -0.25) is 4.99 Å². The molecule has 0 saturated heterocycles. The van der Waals surface area contributed by atoms with Crippen LogP contribution in [0.15, 0.2) is 23.2 Å². The molecule has 1 aromatic carbocycles. The number of aromatic carboxylic acids is 1. The van der Waals surface area contributed by atoms with Crippen LogP contribution >= 0.6 is 0 Å². The number of hydrogen-bond donors (Lipinski definition) is 2. The molecule has 2 N–H and O–H groups in total. The quantitative estimate of drug-likeness (QED) is 0.687. The Kier molecular flexibility index (Phi) is 2.64. The summed E-state index contributed by atoms with van der Waals surface area (Å²) < 4.78 is 0. The van der Waals surface area contributed by atoms with Crippen LogP contribution in [-0.4, -0.2) is 22.9 Å². The number of rotatable bonds is 3. The van der Waals surface area contributed by atoms with Gasteiger partial charge in [-0.2, -0.15) is 0 Å². The molecule has 0 unspecified atom stereocenters. The van der Waals surface area contributed by atoms with Gasteiger partial charge in [0.05, 0.1) is 6.54 Å². The van der Waals surface area contributed by atoms with Gasteiger partial charge in [-0.25, -0.2) is 4.79 Å². The molecule has 0 atom stereocenters. The molecule has 0 radical (unpaired) electrons. The number of carboxylic acids is 1. The Bertz CT molecular complexity index is 347. The van der Waals surface area contributed by atoms with Crippen LogP contribution in [0.3, 0.4) is 0 Å². The molecule has 0 aliphatic rings. The van der Waals surface area contributed by atoms with Crippen molar-refractivity contribution in [2.24, 2.45) is 4.99 Å². The fraction of sp³-hybridized carbons (Fsp3) is 0.111. The minimum absolute atomic E-state index is 0.110. The molecule has 0 aliphatic carbocycles. The zero-order valence-corrected chi connectivity index (χ0v) is 6.90. The van der Waals surface area contributed by atoms with Gasteiger partial charge in [0.2, 0.25) is 0 Å². The Morgan fingerprint density at radius 2 is 2.23 bits per heavy atom. The fourth-order valence-electron chi connectivity index (χ4n) is 0.982. The molecule has 4 heteroatoms. The second-order valence-electron chi connectivity index (χ2n) is 2.54. The summed E-state index contributed by atoms with van der Waals surface area (Å²) in [6, 6.07) is 4.33. The van der Waals surface area contributed by atoms with Gasteiger partial charge < -0.3 is 10.2 Å². The summed E-state index contributed by atoms with van der Waals surface area (Å²) in [6.45, 7) is 3.64. The number of aromatic hydroxyl groups is 1. The first-order valence-corrected chi connectivity index (χ1v) is 3.63. The standard InChI is InChI=1S/C9H9NO3/c1-10-5-6-2-3-8(11)7(4-6)9(12)13/h2-4,11H,1,5H2,(H,12,13). The van der Waals surface area contributed by atoms with Crippen LogP contribution in [0.2, 0.25) is 0 Å². The maximum absolute atomic E-state index is 10.6. The third kappa shape index (κ3) is 2.05. The summed E-state index contributed by atoms with van der Waals surface area (Å²) in [4.78, 5) is 14.2. The van der Waals surface area contributed by atoms with E-state index in [1.807, 2.05) is 0 Å². The lowest BCUT2D eigenvalue weighted by molar-refractivity contribution is 0.0693. The van der Waals surface area contributed by atoms with Crippen molar-refractivity contribution in [2.45, 2.75) is 6.54 Å². The first-order chi connectivity index (χ1) is 6.15. The zero-order valence-electron chi connectivity index (χ0n) is 6.90. The third-order valence-electron chi connectivity index (χ3n) is 1.59. The summed E-state index contributed by atoms with van der Waals surface area (Å²) >= 11 is 0. The topological polar surface area (TPSA) is 69.9 Å². The van der Waals surface area contributed by atoms with Gasteiger partial charge in [-0.05, 0) is 24.4 Å². The summed E-state index contributed by atoms with van der Waals surface area (Å²) in [5.41, 5.74) is 0.603. The Balaban J connectivity index is 3.10. The largest absolute Gasteiger partial charge is 0.507 e. The number of benzene rings is 1. The smallest absolute Gasteiger partial charge is 0.339 e. The Hall–Kier alpha value is -1.84. The summed E-state index contributed by atoms with van der Waals surface area (Å²) in [5, 5.41) is 17.8. The number of aliphatic imine (C=N–C) groups is 1. The number of hydrogen-bond acceptors (Lipinski definition) is 3. The predicted molar refractivity (Wildman–Crippen MR) is 48.3 cm³/mol. The van der Waals surface area contributed by atoms with E-state index in [0.29, 0.717) is 12.1 Å². The monoisotopic (exact) mass is 179 g/mol. The van der Waals surface area contributed by atoms with Crippen molar-refractivity contribution in [1.82, 2.24) is 0 Å². The maximum Gasteiger partial charge on any atom is 0.339 e. The lowest BCUT2D eigenvalue weighted by Crippen LogP contribution is -1.97. The highest BCUT2D eigenvalue weighted by molar-refractivity contribution is 5.90. The molecule has 0 fully saturated rings. The van der Waals surface area contributed by atoms with Gasteiger partial charge in [0.25, 0.3) is 0 Å². The molecule has 0 bridgehead atoms. The first kappa shape index (κ1) is 9.25. The molecular formula is C9H9NO3. The van der Waals surface area contributed by atoms with E-state index in [-0.39, 0.29) is 11.3 Å². The number of carbonyl (C=O) groups is 1. The molecule has 68 valence electrons. The molecule has 0 amide bonds. The van der Waals surface area contributed by atoms with Crippen molar-refractivity contribution < 1.29 is 15.0 Å². The molecule has 0 aromatic heterocycles. The van der Waals surface area contributed by atoms with E-state index >= 15 is 0 Å². The van der Waals surface area contributed by atoms with E-state index in [1.165, 1.54) is 12.1 Å². The minimum atomic E-state index is -1.15. The van der Waals surface area contributed by atoms with E-state index in [0.717, 1.165) is 0 Å². The number of carboxylic acid groups (broad SMARTS) is 1. The minimum Gasteiger partial charge on any atom is -0.507 e. The van der Waals surface area contributed by atoms with Crippen LogP contribution in [0.5, 0.6) is 5.75 Å². The van der Waals surface area contributed by atoms with E-state index in [4.69, 9.17) is 10.2 Å². The average molecular weight is 179 g/mol. The number of nitrogens with zero attached hydrogens (tertiary/aromatic N) is 1. The van der Waals surface area contributed by atoms with Crippen LogP contribution in [0.4, 0.5) is 0 Å². The Morgan fingerprint density at radius 1 is 1.54 bits per heavy atom. The van der Waals surface area contributed by atoms with E-state index in [9.17, 15) is 4.79 Å². The average Bonchev–Trinajstić information content (AvgIpc) is 2.08. The van der Waals surface area contributed by atoms with Crippen molar-refractivity contribution in [2.75, 3.05) is 0 Å². The van der Waals surface area contributed by atoms with Gasteiger partial charge in [0.15, 0.2) is 0 Å². The van der Waals surface area contributed by atoms with E-state index < -0.39 is 5.97 Å². The second-order valence-corrected chi connectivity index (χ2v) is 2.54. The molecule has 0 saturated carbocycles. The van der Waals surface area contributed by atoms with Crippen LogP contribution in [0.25, 0.3) is 0 Å². The molecule has 0 spiro atoms. The van der Waals surface area contributed by atoms with Crippen LogP contribution in [-0.2, 0) is 6.54 Å². The molecule has 0 heterocycles. The Labute approximate surface area is 75.2 Å². The first-order valence-electron chi connectivity index (χ1n) is 3.63. The van der Waals surface area contributed by atoms with Crippen molar-refractivity contribution in [1.29, 1.82) is 0 Å². The van der Waals surface area contributed by atoms with Gasteiger partial charge in [0.1, 0.15) is 11.3 Å². The predicted octanol–water partition coefficient (Wildman–Crippen LogP) is 1.29. The van der Waals surface area contributed by atoms with Gasteiger partial charge in [0, 0.05) is 0 Å². The van der Waals surface area contributed by atoms with Gasteiger partial charge in [-0.15, -0.1) is 0 Å². The zero-order chi connectivity index (χ0) is 9.84. The normalized spacial score (nSPS) is 9.54. The van der Waals surface area contributed by atoms with Crippen molar-refractivity contribution in [3.8, 4) is 5.75 Å². The molecule has 4 nitrogen and oxygen atoms in total. The molecule has 1 aromatic rings. The van der Waals surface area contributed by atoms with Crippen molar-refractivity contribution >= 4 is 12.7 Å². The van der Waals surface area contributed by atoms with Crippen LogP contribution in [0, 0.1) is 0 Å². The summed E-state index contributed by atoms with van der Waals surface area (Å²) in [6.07, 6.45) is 0. The highest BCUT2D eigenvalue weighted by Gasteiger charge is 2.09. The lowest BCUT2D eigenvalue weighted by Gasteiger charge is -2.01. The van der Waals surface area contributed by atoms with E-state index in [1.54, 1.807) is 6.07 Å². The molecular weight excluding hydrogens is 170 g/mol. The summed E-state index contributed by atoms with van der Waals surface area (Å²) in [5.74, 6) is -1.39. The van der Waals surface area contributed by atoms with Gasteiger partial charge in [-0.1, -0.05) is 6.07 Å². The SMILES string of the molecule is C=NCc1ccc(O)c(C(=O)O)c1. The third-order valence-corrected chi connectivity index (χ3v) is 1.59. The second kappa shape index (κ2) is 3.71. The highest BCUT2D eigenvalue weighted by atomic mass is 16.4.